The number of nitrogens with one attached hydrogen (secondary N) is 1. The van der Waals surface area contributed by atoms with Gasteiger partial charge < -0.3 is 14.6 Å². The summed E-state index contributed by atoms with van der Waals surface area (Å²) in [5.41, 5.74) is 1.03. The quantitative estimate of drug-likeness (QED) is 0.357. The van der Waals surface area contributed by atoms with Crippen molar-refractivity contribution < 1.29 is 23.0 Å². The highest BCUT2D eigenvalue weighted by atomic mass is 32.2. The van der Waals surface area contributed by atoms with Gasteiger partial charge >= 0.3 is 0 Å². The van der Waals surface area contributed by atoms with E-state index in [1.807, 2.05) is 50.2 Å². The third-order valence-electron chi connectivity index (χ3n) is 5.13. The van der Waals surface area contributed by atoms with Crippen molar-refractivity contribution in [3.8, 4) is 17.4 Å². The molecule has 0 radical (unpaired) electrons. The largest absolute Gasteiger partial charge is 0.472 e. The highest BCUT2D eigenvalue weighted by molar-refractivity contribution is 7.92. The maximum absolute atomic E-state index is 13.1. The molecule has 0 aliphatic carbocycles. The summed E-state index contributed by atoms with van der Waals surface area (Å²) < 4.78 is 40.1. The van der Waals surface area contributed by atoms with E-state index in [0.29, 0.717) is 5.75 Å². The summed E-state index contributed by atoms with van der Waals surface area (Å²) in [5.74, 6) is 0.645. The molecule has 0 saturated carbocycles. The maximum atomic E-state index is 13.1. The number of aromatic nitrogens is 2. The lowest BCUT2D eigenvalue weighted by molar-refractivity contribution is 0.192. The third kappa shape index (κ3) is 5.27. The van der Waals surface area contributed by atoms with Gasteiger partial charge in [-0.25, -0.2) is 13.4 Å². The molecule has 9 heteroatoms. The highest BCUT2D eigenvalue weighted by Crippen LogP contribution is 2.37. The molecule has 4 aromatic rings. The molecule has 8 nitrogen and oxygen atoms in total. The van der Waals surface area contributed by atoms with Gasteiger partial charge in [0.2, 0.25) is 5.75 Å². The summed E-state index contributed by atoms with van der Waals surface area (Å²) in [6.07, 6.45) is 1.17. The van der Waals surface area contributed by atoms with E-state index in [2.05, 4.69) is 14.7 Å². The Kier molecular flexibility index (Phi) is 6.95. The molecule has 1 heterocycles. The van der Waals surface area contributed by atoms with Crippen LogP contribution in [-0.2, 0) is 10.0 Å². The van der Waals surface area contributed by atoms with Crippen LogP contribution >= 0.6 is 0 Å². The van der Waals surface area contributed by atoms with E-state index >= 15 is 0 Å². The molecule has 4 rings (SSSR count). The van der Waals surface area contributed by atoms with E-state index in [9.17, 15) is 13.5 Å². The number of hydrogen-bond acceptors (Lipinski definition) is 7. The van der Waals surface area contributed by atoms with Gasteiger partial charge in [0.15, 0.2) is 5.82 Å². The minimum absolute atomic E-state index is 0.00469. The fourth-order valence-corrected chi connectivity index (χ4v) is 4.35. The number of fused-ring (bicyclic) bond motifs is 1. The van der Waals surface area contributed by atoms with Crippen molar-refractivity contribution >= 4 is 26.6 Å². The molecule has 0 unspecified atom stereocenters. The predicted molar refractivity (Wildman–Crippen MR) is 130 cm³/mol. The van der Waals surface area contributed by atoms with Crippen molar-refractivity contribution in [2.45, 2.75) is 24.7 Å². The van der Waals surface area contributed by atoms with Crippen molar-refractivity contribution in [1.29, 1.82) is 0 Å². The second-order valence-electron chi connectivity index (χ2n) is 7.87. The monoisotopic (exact) mass is 479 g/mol. The Balaban J connectivity index is 1.70. The summed E-state index contributed by atoms with van der Waals surface area (Å²) in [6, 6.07) is 19.9. The summed E-state index contributed by atoms with van der Waals surface area (Å²) in [4.78, 5) is 8.25. The average molecular weight is 480 g/mol. The first-order chi connectivity index (χ1) is 16.4. The fourth-order valence-electron chi connectivity index (χ4n) is 3.33. The number of rotatable bonds is 9. The van der Waals surface area contributed by atoms with E-state index in [1.165, 1.54) is 6.33 Å². The number of anilines is 1. The van der Waals surface area contributed by atoms with Crippen LogP contribution < -0.4 is 14.2 Å². The number of sulfonamides is 1. The Morgan fingerprint density at radius 2 is 1.71 bits per heavy atom. The summed E-state index contributed by atoms with van der Waals surface area (Å²) in [5, 5.41) is 11.1. The van der Waals surface area contributed by atoms with Crippen molar-refractivity contribution in [2.24, 2.45) is 0 Å². The molecular weight excluding hydrogens is 454 g/mol. The fraction of sp³-hybridized carbons (Fsp3) is 0.200. The molecule has 176 valence electrons. The average Bonchev–Trinajstić information content (AvgIpc) is 2.84. The summed E-state index contributed by atoms with van der Waals surface area (Å²) >= 11 is 0. The number of ether oxygens (including phenoxy) is 2. The van der Waals surface area contributed by atoms with Crippen LogP contribution in [0.1, 0.15) is 25.3 Å². The van der Waals surface area contributed by atoms with Crippen molar-refractivity contribution in [2.75, 3.05) is 17.9 Å². The molecule has 0 spiro atoms. The molecule has 0 atom stereocenters. The number of nitrogens with zero attached hydrogens (tertiary/aromatic N) is 2. The van der Waals surface area contributed by atoms with E-state index in [0.717, 1.165) is 16.3 Å². The van der Waals surface area contributed by atoms with Crippen LogP contribution in [0.2, 0.25) is 0 Å². The summed E-state index contributed by atoms with van der Waals surface area (Å²) in [7, 11) is -3.97. The normalized spacial score (nSPS) is 11.5. The van der Waals surface area contributed by atoms with Gasteiger partial charge in [0, 0.05) is 0 Å². The standard InChI is InChI=1S/C25H25N3O5S/c1-17(2)18-8-11-22(12-9-18)34(30,31)28-24-23(25(27-16-26-24)32-14-13-29)33-21-10-7-19-5-3-4-6-20(19)15-21/h3-12,15-17,29H,13-14H2,1-2H3,(H,26,27,28). The SMILES string of the molecule is CC(C)c1ccc(S(=O)(=O)Nc2ncnc(OCCO)c2Oc2ccc3ccccc3c2)cc1. The molecule has 34 heavy (non-hydrogen) atoms. The van der Waals surface area contributed by atoms with E-state index in [1.54, 1.807) is 30.3 Å². The lowest BCUT2D eigenvalue weighted by atomic mass is 10.0. The van der Waals surface area contributed by atoms with E-state index in [4.69, 9.17) is 9.47 Å². The van der Waals surface area contributed by atoms with Gasteiger partial charge in [-0.3, -0.25) is 4.72 Å². The first-order valence-corrected chi connectivity index (χ1v) is 12.2. The van der Waals surface area contributed by atoms with Crippen LogP contribution in [0.4, 0.5) is 5.82 Å². The summed E-state index contributed by atoms with van der Waals surface area (Å²) in [6.45, 7) is 3.77. The van der Waals surface area contributed by atoms with Gasteiger partial charge in [0.1, 0.15) is 18.7 Å². The molecule has 2 N–H and O–H groups in total. The molecule has 0 fully saturated rings. The van der Waals surface area contributed by atoms with Gasteiger partial charge in [-0.15, -0.1) is 0 Å². The Morgan fingerprint density at radius 1 is 0.971 bits per heavy atom. The zero-order chi connectivity index (χ0) is 24.1. The van der Waals surface area contributed by atoms with Crippen LogP contribution in [0.25, 0.3) is 10.8 Å². The minimum Gasteiger partial charge on any atom is -0.472 e. The topological polar surface area (TPSA) is 111 Å². The zero-order valence-electron chi connectivity index (χ0n) is 18.8. The second kappa shape index (κ2) is 10.1. The first-order valence-electron chi connectivity index (χ1n) is 10.8. The van der Waals surface area contributed by atoms with Crippen molar-refractivity contribution in [1.82, 2.24) is 9.97 Å². The number of aliphatic hydroxyl groups excluding tert-OH is 1. The first kappa shape index (κ1) is 23.5. The maximum Gasteiger partial charge on any atom is 0.263 e. The Labute approximate surface area is 198 Å². The van der Waals surface area contributed by atoms with Gasteiger partial charge in [0.25, 0.3) is 15.9 Å². The Hall–Kier alpha value is -3.69. The molecule has 1 aromatic heterocycles. The van der Waals surface area contributed by atoms with Crippen LogP contribution in [0.5, 0.6) is 17.4 Å². The third-order valence-corrected chi connectivity index (χ3v) is 6.49. The van der Waals surface area contributed by atoms with Gasteiger partial charge in [-0.05, 0) is 46.5 Å². The molecule has 0 bridgehead atoms. The zero-order valence-corrected chi connectivity index (χ0v) is 19.6. The highest BCUT2D eigenvalue weighted by Gasteiger charge is 2.22. The van der Waals surface area contributed by atoms with Gasteiger partial charge in [0.05, 0.1) is 11.5 Å². The second-order valence-corrected chi connectivity index (χ2v) is 9.55. The number of aliphatic hydroxyl groups is 1. The molecule has 0 aliphatic heterocycles. The molecule has 0 saturated heterocycles. The lowest BCUT2D eigenvalue weighted by Gasteiger charge is -2.16. The van der Waals surface area contributed by atoms with Gasteiger partial charge in [-0.2, -0.15) is 4.98 Å². The molecule has 0 aliphatic rings. The van der Waals surface area contributed by atoms with Crippen LogP contribution in [0, 0.1) is 0 Å². The molecular formula is C25H25N3O5S. The van der Waals surface area contributed by atoms with Crippen LogP contribution in [-0.4, -0.2) is 36.7 Å². The Morgan fingerprint density at radius 3 is 2.41 bits per heavy atom. The van der Waals surface area contributed by atoms with Crippen LogP contribution in [0.15, 0.2) is 78.0 Å². The molecule has 0 amide bonds. The van der Waals surface area contributed by atoms with Crippen molar-refractivity contribution in [3.05, 3.63) is 78.6 Å². The van der Waals surface area contributed by atoms with E-state index in [-0.39, 0.29) is 41.5 Å². The minimum atomic E-state index is -3.97. The van der Waals surface area contributed by atoms with Crippen LogP contribution in [0.3, 0.4) is 0 Å². The lowest BCUT2D eigenvalue weighted by Crippen LogP contribution is -2.15. The number of hydrogen-bond donors (Lipinski definition) is 2. The Bertz CT molecular complexity index is 1390. The predicted octanol–water partition coefficient (Wildman–Crippen LogP) is 4.72. The van der Waals surface area contributed by atoms with E-state index < -0.39 is 10.0 Å². The van der Waals surface area contributed by atoms with Crippen molar-refractivity contribution in [3.63, 3.8) is 0 Å². The van der Waals surface area contributed by atoms with Gasteiger partial charge in [-0.1, -0.05) is 56.3 Å². The smallest absolute Gasteiger partial charge is 0.263 e. The number of benzene rings is 3. The molecule has 3 aromatic carbocycles.